The summed E-state index contributed by atoms with van der Waals surface area (Å²) in [6.07, 6.45) is 1.26. The second-order valence-corrected chi connectivity index (χ2v) is 2.04. The number of hydrogen-bond acceptors (Lipinski definition) is 2. The van der Waals surface area contributed by atoms with Gasteiger partial charge in [0.25, 0.3) is 0 Å². The molecule has 0 atom stereocenters. The van der Waals surface area contributed by atoms with Crippen LogP contribution in [0.1, 0.15) is 33.3 Å². The van der Waals surface area contributed by atoms with Crippen molar-refractivity contribution in [1.82, 2.24) is 0 Å². The van der Waals surface area contributed by atoms with Crippen LogP contribution in [-0.2, 0) is 11.2 Å². The van der Waals surface area contributed by atoms with Crippen LogP contribution in [-0.4, -0.2) is 11.4 Å². The average Bonchev–Trinajstić information content (AvgIpc) is 2.28. The Morgan fingerprint density at radius 1 is 1.07 bits per heavy atom. The zero-order chi connectivity index (χ0) is 11.4. The summed E-state index contributed by atoms with van der Waals surface area (Å²) in [4.78, 5) is 10.00. The van der Waals surface area contributed by atoms with E-state index in [4.69, 9.17) is 5.11 Å². The van der Waals surface area contributed by atoms with Gasteiger partial charge in [-0.05, 0) is 17.7 Å². The number of hydrogen-bond donors (Lipinski definition) is 1. The fourth-order valence-corrected chi connectivity index (χ4v) is 0.728. The third-order valence-electron chi connectivity index (χ3n) is 1.26. The molecule has 0 aliphatic carbocycles. The third-order valence-corrected chi connectivity index (χ3v) is 1.26. The van der Waals surface area contributed by atoms with E-state index < -0.39 is 0 Å². The molecule has 2 heteroatoms. The number of aromatic hydroxyl groups is 1. The Kier molecular flexibility index (Phi) is 12.7. The second-order valence-electron chi connectivity index (χ2n) is 2.04. The number of aldehydes is 1. The number of benzene rings is 1. The van der Waals surface area contributed by atoms with Crippen LogP contribution in [0.25, 0.3) is 0 Å². The first-order chi connectivity index (χ1) is 6.83. The predicted octanol–water partition coefficient (Wildman–Crippen LogP) is 3.19. The van der Waals surface area contributed by atoms with Gasteiger partial charge in [-0.2, -0.15) is 0 Å². The highest BCUT2D eigenvalue weighted by Gasteiger charge is 1.89. The van der Waals surface area contributed by atoms with Gasteiger partial charge in [-0.1, -0.05) is 39.8 Å². The first-order valence-corrected chi connectivity index (χ1v) is 5.04. The van der Waals surface area contributed by atoms with E-state index >= 15 is 0 Å². The van der Waals surface area contributed by atoms with Crippen molar-refractivity contribution in [3.8, 4) is 5.75 Å². The largest absolute Gasteiger partial charge is 0.508 e. The first-order valence-electron chi connectivity index (χ1n) is 5.04. The van der Waals surface area contributed by atoms with Crippen LogP contribution in [0, 0.1) is 0 Å². The standard InChI is InChI=1S/C8H8O2.2C2H6/c9-6-5-7-1-3-8(10)4-2-7;2*1-2/h1-4,6,10H,5H2;2*1-2H3. The van der Waals surface area contributed by atoms with E-state index in [2.05, 4.69) is 0 Å². The maximum absolute atomic E-state index is 10.00. The number of carbonyl (C=O) groups excluding carboxylic acids is 1. The summed E-state index contributed by atoms with van der Waals surface area (Å²) in [5, 5.41) is 8.84. The zero-order valence-electron chi connectivity index (χ0n) is 9.45. The van der Waals surface area contributed by atoms with E-state index in [1.54, 1.807) is 24.3 Å². The van der Waals surface area contributed by atoms with Gasteiger partial charge in [-0.15, -0.1) is 0 Å². The normalized spacial score (nSPS) is 7.43. The predicted molar refractivity (Wildman–Crippen MR) is 60.6 cm³/mol. The number of carbonyl (C=O) groups is 1. The highest BCUT2D eigenvalue weighted by molar-refractivity contribution is 5.55. The van der Waals surface area contributed by atoms with Crippen LogP contribution in [0.4, 0.5) is 0 Å². The lowest BCUT2D eigenvalue weighted by Gasteiger charge is -1.93. The maximum Gasteiger partial charge on any atom is 0.124 e. The first kappa shape index (κ1) is 15.2. The van der Waals surface area contributed by atoms with E-state index in [0.717, 1.165) is 11.8 Å². The molecule has 2 nitrogen and oxygen atoms in total. The lowest BCUT2D eigenvalue weighted by molar-refractivity contribution is -0.107. The molecule has 1 rings (SSSR count). The zero-order valence-corrected chi connectivity index (χ0v) is 9.45. The fourth-order valence-electron chi connectivity index (χ4n) is 0.728. The summed E-state index contributed by atoms with van der Waals surface area (Å²) in [6.45, 7) is 8.00. The molecule has 0 aliphatic rings. The van der Waals surface area contributed by atoms with E-state index in [1.165, 1.54) is 0 Å². The molecule has 0 bridgehead atoms. The van der Waals surface area contributed by atoms with Gasteiger partial charge in [0.1, 0.15) is 12.0 Å². The Labute approximate surface area is 86.6 Å². The minimum atomic E-state index is 0.231. The van der Waals surface area contributed by atoms with Crippen LogP contribution in [0.2, 0.25) is 0 Å². The molecule has 0 fully saturated rings. The van der Waals surface area contributed by atoms with E-state index in [-0.39, 0.29) is 5.75 Å². The molecule has 0 saturated carbocycles. The molecule has 0 unspecified atom stereocenters. The van der Waals surface area contributed by atoms with Crippen molar-refractivity contribution >= 4 is 6.29 Å². The molecule has 80 valence electrons. The minimum Gasteiger partial charge on any atom is -0.508 e. The molecule has 1 N–H and O–H groups in total. The lowest BCUT2D eigenvalue weighted by atomic mass is 10.2. The Morgan fingerprint density at radius 2 is 1.50 bits per heavy atom. The second kappa shape index (κ2) is 11.7. The van der Waals surface area contributed by atoms with Crippen LogP contribution >= 0.6 is 0 Å². The molecule has 1 aromatic rings. The van der Waals surface area contributed by atoms with Gasteiger partial charge in [0, 0.05) is 6.42 Å². The molecule has 0 heterocycles. The summed E-state index contributed by atoms with van der Waals surface area (Å²) >= 11 is 0. The molecule has 1 aromatic carbocycles. The van der Waals surface area contributed by atoms with E-state index in [0.29, 0.717) is 6.42 Å². The molecule has 14 heavy (non-hydrogen) atoms. The average molecular weight is 196 g/mol. The van der Waals surface area contributed by atoms with Gasteiger partial charge in [0.2, 0.25) is 0 Å². The van der Waals surface area contributed by atoms with Gasteiger partial charge >= 0.3 is 0 Å². The molecule has 0 saturated heterocycles. The van der Waals surface area contributed by atoms with Crippen LogP contribution in [0.15, 0.2) is 24.3 Å². The molecule has 0 aromatic heterocycles. The highest BCUT2D eigenvalue weighted by Crippen LogP contribution is 2.08. The van der Waals surface area contributed by atoms with Crippen LogP contribution in [0.5, 0.6) is 5.75 Å². The van der Waals surface area contributed by atoms with Gasteiger partial charge in [0.05, 0.1) is 0 Å². The third kappa shape index (κ3) is 7.35. The Bertz CT molecular complexity index is 214. The number of phenolic OH excluding ortho intramolecular Hbond substituents is 1. The highest BCUT2D eigenvalue weighted by atomic mass is 16.3. The van der Waals surface area contributed by atoms with Crippen molar-refractivity contribution < 1.29 is 9.90 Å². The molecule has 0 aliphatic heterocycles. The summed E-state index contributed by atoms with van der Waals surface area (Å²) in [7, 11) is 0. The van der Waals surface area contributed by atoms with Crippen molar-refractivity contribution in [3.63, 3.8) is 0 Å². The molecule has 0 spiro atoms. The lowest BCUT2D eigenvalue weighted by Crippen LogP contribution is -1.82. The molecular weight excluding hydrogens is 176 g/mol. The van der Waals surface area contributed by atoms with Gasteiger partial charge in [-0.3, -0.25) is 0 Å². The van der Waals surface area contributed by atoms with E-state index in [9.17, 15) is 4.79 Å². The number of phenols is 1. The summed E-state index contributed by atoms with van der Waals surface area (Å²) in [5.41, 5.74) is 0.924. The monoisotopic (exact) mass is 196 g/mol. The number of rotatable bonds is 2. The molecule has 0 amide bonds. The van der Waals surface area contributed by atoms with Crippen molar-refractivity contribution in [1.29, 1.82) is 0 Å². The van der Waals surface area contributed by atoms with Crippen molar-refractivity contribution in [3.05, 3.63) is 29.8 Å². The van der Waals surface area contributed by atoms with Gasteiger partial charge in [-0.25, -0.2) is 0 Å². The Hall–Kier alpha value is -1.31. The van der Waals surface area contributed by atoms with Crippen LogP contribution < -0.4 is 0 Å². The van der Waals surface area contributed by atoms with Gasteiger partial charge in [0.15, 0.2) is 0 Å². The summed E-state index contributed by atoms with van der Waals surface area (Å²) < 4.78 is 0. The minimum absolute atomic E-state index is 0.231. The quantitative estimate of drug-likeness (QED) is 0.737. The molecular formula is C12H20O2. The summed E-state index contributed by atoms with van der Waals surface area (Å²) in [6, 6.07) is 6.59. The van der Waals surface area contributed by atoms with Gasteiger partial charge < -0.3 is 9.90 Å². The maximum atomic E-state index is 10.00. The Morgan fingerprint density at radius 3 is 1.86 bits per heavy atom. The SMILES string of the molecule is CC.CC.O=CCc1ccc(O)cc1. The molecule has 0 radical (unpaired) electrons. The van der Waals surface area contributed by atoms with Crippen LogP contribution in [0.3, 0.4) is 0 Å². The van der Waals surface area contributed by atoms with Crippen molar-refractivity contribution in [2.75, 3.05) is 0 Å². The summed E-state index contributed by atoms with van der Waals surface area (Å²) in [5.74, 6) is 0.231. The fraction of sp³-hybridized carbons (Fsp3) is 0.417. The van der Waals surface area contributed by atoms with E-state index in [1.807, 2.05) is 27.7 Å². The van der Waals surface area contributed by atoms with Crippen molar-refractivity contribution in [2.45, 2.75) is 34.1 Å². The smallest absolute Gasteiger partial charge is 0.124 e. The Balaban J connectivity index is 0. The topological polar surface area (TPSA) is 37.3 Å². The van der Waals surface area contributed by atoms with Crippen molar-refractivity contribution in [2.24, 2.45) is 0 Å².